The smallest absolute Gasteiger partial charge is 0.248 e. The molecule has 0 aliphatic heterocycles. The maximum Gasteiger partial charge on any atom is 0.248 e. The first-order valence-electron chi connectivity index (χ1n) is 11.7. The zero-order valence-corrected chi connectivity index (χ0v) is 20.7. The lowest BCUT2D eigenvalue weighted by molar-refractivity contribution is -0.129. The van der Waals surface area contributed by atoms with Crippen molar-refractivity contribution in [3.63, 3.8) is 0 Å². The van der Waals surface area contributed by atoms with Crippen LogP contribution < -0.4 is 10.6 Å². The lowest BCUT2D eigenvalue weighted by Crippen LogP contribution is -2.52. The number of alkyl halides is 2. The minimum atomic E-state index is -2.81. The van der Waals surface area contributed by atoms with E-state index in [1.807, 2.05) is 0 Å². The summed E-state index contributed by atoms with van der Waals surface area (Å²) in [6.07, 6.45) is 2.10. The molecule has 8 heteroatoms. The summed E-state index contributed by atoms with van der Waals surface area (Å²) in [5.41, 5.74) is -1.34. The van der Waals surface area contributed by atoms with E-state index in [1.165, 1.54) is 13.8 Å². The number of hydrogen-bond acceptors (Lipinski definition) is 3. The van der Waals surface area contributed by atoms with Gasteiger partial charge in [-0.3, -0.25) is 14.4 Å². The molecule has 34 heavy (non-hydrogen) atoms. The van der Waals surface area contributed by atoms with Gasteiger partial charge in [0.05, 0.1) is 5.54 Å². The Bertz CT molecular complexity index is 985. The summed E-state index contributed by atoms with van der Waals surface area (Å²) in [5, 5.41) is 6.39. The van der Waals surface area contributed by atoms with Crippen molar-refractivity contribution < 1.29 is 23.2 Å². The first-order chi connectivity index (χ1) is 15.8. The Labute approximate surface area is 204 Å². The van der Waals surface area contributed by atoms with Crippen molar-refractivity contribution in [2.75, 3.05) is 0 Å². The summed E-state index contributed by atoms with van der Waals surface area (Å²) in [4.78, 5) is 37.9. The van der Waals surface area contributed by atoms with Crippen molar-refractivity contribution in [2.24, 2.45) is 17.3 Å². The Morgan fingerprint density at radius 1 is 1.26 bits per heavy atom. The zero-order chi connectivity index (χ0) is 25.3. The average Bonchev–Trinajstić information content (AvgIpc) is 3.27. The molecule has 2 fully saturated rings. The van der Waals surface area contributed by atoms with Gasteiger partial charge in [-0.1, -0.05) is 36.7 Å². The number of amides is 2. The second-order valence-corrected chi connectivity index (χ2v) is 10.6. The normalized spacial score (nSPS) is 29.8. The molecule has 2 saturated carbocycles. The minimum Gasteiger partial charge on any atom is -0.353 e. The third-order valence-corrected chi connectivity index (χ3v) is 8.00. The predicted octanol–water partition coefficient (Wildman–Crippen LogP) is 5.17. The summed E-state index contributed by atoms with van der Waals surface area (Å²) in [6.45, 7) is 8.43. The number of carbonyl (C=O) groups is 3. The molecule has 1 aromatic rings. The molecule has 0 aromatic heterocycles. The Morgan fingerprint density at radius 2 is 1.97 bits per heavy atom. The molecular weight excluding hydrogens is 462 g/mol. The van der Waals surface area contributed by atoms with E-state index in [-0.39, 0.29) is 49.7 Å². The van der Waals surface area contributed by atoms with Crippen LogP contribution in [0.5, 0.6) is 0 Å². The molecular formula is C26H33ClF2N2O3. The monoisotopic (exact) mass is 494 g/mol. The number of ketones is 1. The molecule has 186 valence electrons. The maximum atomic E-state index is 14.3. The van der Waals surface area contributed by atoms with Crippen molar-refractivity contribution in [2.45, 2.75) is 76.8 Å². The van der Waals surface area contributed by atoms with Gasteiger partial charge in [0, 0.05) is 42.2 Å². The summed E-state index contributed by atoms with van der Waals surface area (Å²) in [5.74, 6) is -4.59. The highest BCUT2D eigenvalue weighted by molar-refractivity contribution is 6.30. The van der Waals surface area contributed by atoms with Crippen LogP contribution in [0.3, 0.4) is 0 Å². The van der Waals surface area contributed by atoms with Gasteiger partial charge in [0.15, 0.2) is 0 Å². The van der Waals surface area contributed by atoms with Gasteiger partial charge >= 0.3 is 0 Å². The molecule has 5 nitrogen and oxygen atoms in total. The van der Waals surface area contributed by atoms with E-state index in [0.29, 0.717) is 17.0 Å². The van der Waals surface area contributed by atoms with Gasteiger partial charge in [-0.2, -0.15) is 0 Å². The third-order valence-electron chi connectivity index (χ3n) is 7.77. The quantitative estimate of drug-likeness (QED) is 0.489. The summed E-state index contributed by atoms with van der Waals surface area (Å²) >= 11 is 6.25. The van der Waals surface area contributed by atoms with Gasteiger partial charge < -0.3 is 10.6 Å². The largest absolute Gasteiger partial charge is 0.353 e. The fourth-order valence-corrected chi connectivity index (χ4v) is 5.96. The van der Waals surface area contributed by atoms with Crippen LogP contribution in [0.25, 0.3) is 0 Å². The van der Waals surface area contributed by atoms with Crippen LogP contribution in [0.2, 0.25) is 5.02 Å². The molecule has 5 atom stereocenters. The van der Waals surface area contributed by atoms with Crippen molar-refractivity contribution in [3.8, 4) is 0 Å². The number of halogens is 3. The number of hydrogen-bond donors (Lipinski definition) is 2. The van der Waals surface area contributed by atoms with Crippen LogP contribution in [-0.2, 0) is 19.9 Å². The van der Waals surface area contributed by atoms with Crippen LogP contribution in [-0.4, -0.2) is 29.6 Å². The number of Topliss-reactive ketones (excluding diaryl/α,β-unsaturated/α-hetero) is 1. The van der Waals surface area contributed by atoms with Crippen LogP contribution in [0.1, 0.15) is 64.9 Å². The molecule has 3 rings (SSSR count). The molecule has 2 aliphatic rings. The standard InChI is InChI=1S/C26H33ClF2N2O3/c1-5-10-26(19-7-6-8-21(27)13-19,20-9-11-25(28,29)15-20)31-23(34)18-12-22(30-17(3)33)24(4,14-18)16(2)32/h5-8,13,18,20,22H,1,9-12,14-15H2,2-4H3,(H,30,33)(H,31,34)/t18-,20-,22?,24-,26-/m0/s1. The lowest BCUT2D eigenvalue weighted by Gasteiger charge is -2.41. The Morgan fingerprint density at radius 3 is 2.50 bits per heavy atom. The van der Waals surface area contributed by atoms with E-state index in [9.17, 15) is 23.2 Å². The van der Waals surface area contributed by atoms with Gasteiger partial charge in [0.25, 0.3) is 0 Å². The lowest BCUT2D eigenvalue weighted by atomic mass is 9.74. The summed E-state index contributed by atoms with van der Waals surface area (Å²) in [7, 11) is 0. The third kappa shape index (κ3) is 5.19. The van der Waals surface area contributed by atoms with E-state index >= 15 is 0 Å². The van der Waals surface area contributed by atoms with Crippen molar-refractivity contribution in [1.82, 2.24) is 10.6 Å². The molecule has 1 unspecified atom stereocenters. The average molecular weight is 495 g/mol. The summed E-state index contributed by atoms with van der Waals surface area (Å²) < 4.78 is 28.6. The highest BCUT2D eigenvalue weighted by atomic mass is 35.5. The fraction of sp³-hybridized carbons (Fsp3) is 0.577. The van der Waals surface area contributed by atoms with E-state index in [2.05, 4.69) is 17.2 Å². The van der Waals surface area contributed by atoms with Gasteiger partial charge in [-0.25, -0.2) is 8.78 Å². The van der Waals surface area contributed by atoms with Crippen LogP contribution in [0.4, 0.5) is 8.78 Å². The molecule has 0 saturated heterocycles. The number of benzene rings is 1. The first kappa shape index (κ1) is 26.3. The van der Waals surface area contributed by atoms with Gasteiger partial charge in [-0.15, -0.1) is 6.58 Å². The SMILES string of the molecule is C=CC[C@](NC(=O)[C@H]1CC(NC(C)=O)[C@](C)(C(C)=O)C1)(c1cccc(Cl)c1)[C@H]1CCC(F)(F)C1. The predicted molar refractivity (Wildman–Crippen MR) is 127 cm³/mol. The topological polar surface area (TPSA) is 75.3 Å². The van der Waals surface area contributed by atoms with Crippen molar-refractivity contribution >= 4 is 29.2 Å². The molecule has 0 bridgehead atoms. The van der Waals surface area contributed by atoms with Crippen molar-refractivity contribution in [3.05, 3.63) is 47.5 Å². The van der Waals surface area contributed by atoms with Gasteiger partial charge in [0.1, 0.15) is 5.78 Å². The second kappa shape index (κ2) is 9.76. The molecule has 0 heterocycles. The second-order valence-electron chi connectivity index (χ2n) is 10.1. The van der Waals surface area contributed by atoms with E-state index in [4.69, 9.17) is 11.6 Å². The highest BCUT2D eigenvalue weighted by Gasteiger charge is 2.53. The molecule has 2 aliphatic carbocycles. The highest BCUT2D eigenvalue weighted by Crippen LogP contribution is 2.50. The van der Waals surface area contributed by atoms with Gasteiger partial charge in [-0.05, 0) is 56.2 Å². The molecule has 2 amide bonds. The van der Waals surface area contributed by atoms with E-state index in [1.54, 1.807) is 37.3 Å². The maximum absolute atomic E-state index is 14.3. The van der Waals surface area contributed by atoms with Crippen LogP contribution in [0, 0.1) is 17.3 Å². The zero-order valence-electron chi connectivity index (χ0n) is 19.9. The van der Waals surface area contributed by atoms with Crippen LogP contribution in [0.15, 0.2) is 36.9 Å². The minimum absolute atomic E-state index is 0.107. The van der Waals surface area contributed by atoms with E-state index < -0.39 is 34.8 Å². The number of rotatable bonds is 8. The van der Waals surface area contributed by atoms with Crippen molar-refractivity contribution in [1.29, 1.82) is 0 Å². The number of nitrogens with one attached hydrogen (secondary N) is 2. The Hall–Kier alpha value is -2.28. The van der Waals surface area contributed by atoms with Crippen LogP contribution >= 0.6 is 11.6 Å². The first-order valence-corrected chi connectivity index (χ1v) is 12.1. The molecule has 1 aromatic carbocycles. The summed E-state index contributed by atoms with van der Waals surface area (Å²) in [6, 6.07) is 6.46. The molecule has 2 N–H and O–H groups in total. The van der Waals surface area contributed by atoms with E-state index in [0.717, 1.165) is 0 Å². The molecule has 0 spiro atoms. The number of carbonyl (C=O) groups excluding carboxylic acids is 3. The fourth-order valence-electron chi connectivity index (χ4n) is 5.77. The Balaban J connectivity index is 1.98. The molecule has 0 radical (unpaired) electrons. The Kier molecular flexibility index (Phi) is 7.56. The van der Waals surface area contributed by atoms with Gasteiger partial charge in [0.2, 0.25) is 17.7 Å².